The molecule has 0 aliphatic rings. The third-order valence-electron chi connectivity index (χ3n) is 1.12. The second-order valence-electron chi connectivity index (χ2n) is 1.95. The minimum Gasteiger partial charge on any atom is -0.508 e. The molecule has 1 aromatic rings. The highest BCUT2D eigenvalue weighted by Gasteiger charge is 1.93. The topological polar surface area (TPSA) is 40.5 Å². The summed E-state index contributed by atoms with van der Waals surface area (Å²) in [5.41, 5.74) is 0.609. The van der Waals surface area contributed by atoms with Crippen molar-refractivity contribution in [1.82, 2.24) is 0 Å². The molecule has 0 radical (unpaired) electrons. The van der Waals surface area contributed by atoms with Gasteiger partial charge < -0.3 is 10.2 Å². The quantitative estimate of drug-likeness (QED) is 0.619. The van der Waals surface area contributed by atoms with Crippen LogP contribution in [0.3, 0.4) is 0 Å². The van der Waals surface area contributed by atoms with Gasteiger partial charge in [0.15, 0.2) is 0 Å². The largest absolute Gasteiger partial charge is 0.508 e. The van der Waals surface area contributed by atoms with Crippen molar-refractivity contribution in [2.75, 3.05) is 0 Å². The van der Waals surface area contributed by atoms with Crippen LogP contribution in [0.1, 0.15) is 6.93 Å². The Morgan fingerprint density at radius 2 is 1.90 bits per heavy atom. The number of benzene rings is 1. The zero-order chi connectivity index (χ0) is 8.27. The minimum atomic E-state index is -0.00176. The van der Waals surface area contributed by atoms with Crippen molar-refractivity contribution in [3.8, 4) is 11.5 Å². The van der Waals surface area contributed by atoms with Gasteiger partial charge in [-0.3, -0.25) is 0 Å². The first-order chi connectivity index (χ1) is 5.22. The molecule has 0 spiro atoms. The molecule has 0 aliphatic heterocycles. The van der Waals surface area contributed by atoms with Gasteiger partial charge in [-0.2, -0.15) is 0 Å². The summed E-state index contributed by atoms with van der Waals surface area (Å²) in [4.78, 5) is 0. The Bertz CT molecular complexity index is 261. The molecule has 0 amide bonds. The summed E-state index contributed by atoms with van der Waals surface area (Å²) in [6.45, 7) is 1.09. The van der Waals surface area contributed by atoms with Gasteiger partial charge in [0.2, 0.25) is 0 Å². The first kappa shape index (κ1) is 5.35. The van der Waals surface area contributed by atoms with Crippen molar-refractivity contribution in [2.24, 2.45) is 0 Å². The van der Waals surface area contributed by atoms with Gasteiger partial charge in [0.1, 0.15) is 11.5 Å². The van der Waals surface area contributed by atoms with Gasteiger partial charge in [0, 0.05) is 6.07 Å². The predicted molar refractivity (Wildman–Crippen MR) is 39.9 cm³/mol. The van der Waals surface area contributed by atoms with Gasteiger partial charge in [-0.05, 0) is 17.7 Å². The van der Waals surface area contributed by atoms with E-state index in [-0.39, 0.29) is 11.5 Å². The second-order valence-corrected chi connectivity index (χ2v) is 1.95. The van der Waals surface area contributed by atoms with E-state index < -0.39 is 0 Å². The molecule has 2 nitrogen and oxygen atoms in total. The lowest BCUT2D eigenvalue weighted by molar-refractivity contribution is 0.450. The van der Waals surface area contributed by atoms with Gasteiger partial charge in [0.25, 0.3) is 0 Å². The fraction of sp³-hybridized carbons (Fsp3) is 0. The summed E-state index contributed by atoms with van der Waals surface area (Å²) in [6, 6.07) is 4.16. The van der Waals surface area contributed by atoms with Crippen LogP contribution in [0.25, 0.3) is 6.08 Å². The van der Waals surface area contributed by atoms with Gasteiger partial charge in [0.05, 0.1) is 1.37 Å². The average Bonchev–Trinajstić information content (AvgIpc) is 1.85. The van der Waals surface area contributed by atoms with E-state index in [4.69, 9.17) is 11.6 Å². The summed E-state index contributed by atoms with van der Waals surface area (Å²) in [5.74, 6) is -0.00352. The highest BCUT2D eigenvalue weighted by molar-refractivity contribution is 5.52. The van der Waals surface area contributed by atoms with Crippen LogP contribution in [0.2, 0.25) is 0 Å². The molecule has 0 unspecified atom stereocenters. The fourth-order valence-electron chi connectivity index (χ4n) is 0.714. The molecule has 52 valence electrons. The Kier molecular flexibility index (Phi) is 1.30. The van der Waals surface area contributed by atoms with Gasteiger partial charge in [-0.1, -0.05) is 12.6 Å². The van der Waals surface area contributed by atoms with Crippen LogP contribution < -0.4 is 0 Å². The molecule has 0 saturated heterocycles. The highest BCUT2D eigenvalue weighted by Crippen LogP contribution is 2.20. The summed E-state index contributed by atoms with van der Waals surface area (Å²) in [5, 5.41) is 17.9. The van der Waals surface area contributed by atoms with E-state index >= 15 is 0 Å². The Balaban J connectivity index is 3.08. The van der Waals surface area contributed by atoms with Crippen LogP contribution in [0.15, 0.2) is 24.8 Å². The van der Waals surface area contributed by atoms with Gasteiger partial charge in [-0.15, -0.1) is 0 Å². The molecule has 1 rings (SSSR count). The SMILES string of the molecule is [2H]C=Cc1cc(O)cc(O)c1. The molecule has 2 heteroatoms. The molecule has 0 aliphatic carbocycles. The van der Waals surface area contributed by atoms with E-state index in [1.165, 1.54) is 24.3 Å². The van der Waals surface area contributed by atoms with Crippen molar-refractivity contribution < 1.29 is 11.6 Å². The van der Waals surface area contributed by atoms with Crippen molar-refractivity contribution in [3.05, 3.63) is 30.3 Å². The number of aromatic hydroxyl groups is 2. The number of hydrogen-bond donors (Lipinski definition) is 2. The van der Waals surface area contributed by atoms with Gasteiger partial charge >= 0.3 is 0 Å². The maximum absolute atomic E-state index is 8.97. The van der Waals surface area contributed by atoms with Crippen LogP contribution in [-0.2, 0) is 0 Å². The number of rotatable bonds is 1. The molecule has 0 fully saturated rings. The lowest BCUT2D eigenvalue weighted by Gasteiger charge is -1.96. The number of phenols is 2. The van der Waals surface area contributed by atoms with Crippen LogP contribution in [0.5, 0.6) is 11.5 Å². The normalized spacial score (nSPS) is 11.8. The molecule has 2 N–H and O–H groups in total. The van der Waals surface area contributed by atoms with E-state index in [0.717, 1.165) is 6.55 Å². The maximum Gasteiger partial charge on any atom is 0.119 e. The van der Waals surface area contributed by atoms with E-state index in [0.29, 0.717) is 5.56 Å². The number of phenolic OH excluding ortho intramolecular Hbond substituents is 2. The monoisotopic (exact) mass is 137 g/mol. The Labute approximate surface area is 60.5 Å². The third kappa shape index (κ3) is 1.29. The molecular formula is C8H8O2. The van der Waals surface area contributed by atoms with Crippen molar-refractivity contribution in [1.29, 1.82) is 0 Å². The molecule has 0 saturated carbocycles. The zero-order valence-corrected chi connectivity index (χ0v) is 5.28. The van der Waals surface area contributed by atoms with E-state index in [1.54, 1.807) is 0 Å². The Morgan fingerprint density at radius 3 is 2.40 bits per heavy atom. The third-order valence-corrected chi connectivity index (χ3v) is 1.12. The molecule has 1 aromatic carbocycles. The first-order valence-corrected chi connectivity index (χ1v) is 2.80. The van der Waals surface area contributed by atoms with Crippen molar-refractivity contribution >= 4 is 6.08 Å². The molecule has 10 heavy (non-hydrogen) atoms. The fourth-order valence-corrected chi connectivity index (χ4v) is 0.714. The van der Waals surface area contributed by atoms with Crippen LogP contribution >= 0.6 is 0 Å². The van der Waals surface area contributed by atoms with Crippen molar-refractivity contribution in [2.45, 2.75) is 0 Å². The minimum absolute atomic E-state index is 0.00176. The molecule has 0 heterocycles. The molecule has 0 aromatic heterocycles. The number of hydrogen-bond acceptors (Lipinski definition) is 2. The smallest absolute Gasteiger partial charge is 0.119 e. The lowest BCUT2D eigenvalue weighted by atomic mass is 10.2. The summed E-state index contributed by atoms with van der Waals surface area (Å²) < 4.78 is 6.74. The molecular weight excluding hydrogens is 128 g/mol. The van der Waals surface area contributed by atoms with Crippen molar-refractivity contribution in [3.63, 3.8) is 0 Å². The van der Waals surface area contributed by atoms with Crippen LogP contribution in [-0.4, -0.2) is 10.2 Å². The molecule has 0 atom stereocenters. The lowest BCUT2D eigenvalue weighted by Crippen LogP contribution is -1.71. The zero-order valence-electron chi connectivity index (χ0n) is 6.28. The van der Waals surface area contributed by atoms with Crippen LogP contribution in [0, 0.1) is 0 Å². The maximum atomic E-state index is 8.97. The van der Waals surface area contributed by atoms with E-state index in [9.17, 15) is 0 Å². The predicted octanol–water partition coefficient (Wildman–Crippen LogP) is 1.74. The molecule has 0 bridgehead atoms. The average molecular weight is 137 g/mol. The summed E-state index contributed by atoms with van der Waals surface area (Å²) in [7, 11) is 0. The summed E-state index contributed by atoms with van der Waals surface area (Å²) >= 11 is 0. The second kappa shape index (κ2) is 2.43. The Morgan fingerprint density at radius 1 is 1.30 bits per heavy atom. The first-order valence-electron chi connectivity index (χ1n) is 3.38. The van der Waals surface area contributed by atoms with Gasteiger partial charge in [-0.25, -0.2) is 0 Å². The Hall–Kier alpha value is -1.44. The van der Waals surface area contributed by atoms with Crippen LogP contribution in [0.4, 0.5) is 0 Å². The standard InChI is InChI=1S/C8H8O2/c1-2-6-3-7(9)5-8(10)4-6/h2-5,9-10H,1H2/i1D. The summed E-state index contributed by atoms with van der Waals surface area (Å²) in [6.07, 6.45) is 1.47. The highest BCUT2D eigenvalue weighted by atomic mass is 16.3. The van der Waals surface area contributed by atoms with E-state index in [1.807, 2.05) is 0 Å². The van der Waals surface area contributed by atoms with E-state index in [2.05, 4.69) is 0 Å².